The summed E-state index contributed by atoms with van der Waals surface area (Å²) < 4.78 is 10.3. The van der Waals surface area contributed by atoms with E-state index in [9.17, 15) is 19.2 Å². The second-order valence-corrected chi connectivity index (χ2v) is 33.7. The van der Waals surface area contributed by atoms with Crippen LogP contribution in [0.5, 0.6) is 0 Å². The van der Waals surface area contributed by atoms with Gasteiger partial charge in [0.25, 0.3) is 0 Å². The van der Waals surface area contributed by atoms with Crippen LogP contribution in [0.1, 0.15) is 193 Å². The number of rotatable bonds is 18. The van der Waals surface area contributed by atoms with E-state index in [0.29, 0.717) is 40.1 Å². The van der Waals surface area contributed by atoms with Gasteiger partial charge in [0.2, 0.25) is 0 Å². The minimum Gasteiger partial charge on any atom is -0.451 e. The Bertz CT molecular complexity index is 7010. The van der Waals surface area contributed by atoms with E-state index in [1.54, 1.807) is 24.8 Å². The summed E-state index contributed by atoms with van der Waals surface area (Å²) in [5.74, 6) is 0.288. The number of aromatic nitrogens is 22. The Kier molecular flexibility index (Phi) is 20.9. The zero-order chi connectivity index (χ0) is 85.3. The third kappa shape index (κ3) is 14.5. The van der Waals surface area contributed by atoms with Crippen LogP contribution < -0.4 is 10.7 Å². The molecule has 0 amide bonds. The van der Waals surface area contributed by atoms with Crippen molar-refractivity contribution < 1.29 is 28.0 Å². The molecule has 31 nitrogen and oxygen atoms in total. The zero-order valence-corrected chi connectivity index (χ0v) is 70.8. The number of aromatic amines is 8. The predicted molar refractivity (Wildman–Crippen MR) is 473 cm³/mol. The Morgan fingerprint density at radius 3 is 1.43 bits per heavy atom. The highest BCUT2D eigenvalue weighted by Gasteiger charge is 2.44. The van der Waals surface area contributed by atoms with Crippen LogP contribution in [0.3, 0.4) is 0 Å². The number of H-pyrrole nitrogens is 8. The van der Waals surface area contributed by atoms with E-state index in [-0.39, 0.29) is 66.8 Å². The van der Waals surface area contributed by atoms with Gasteiger partial charge in [0.05, 0.1) is 141 Å². The number of benzene rings is 3. The summed E-state index contributed by atoms with van der Waals surface area (Å²) in [6.45, 7) is 14.3. The molecule has 10 N–H and O–H groups in total. The second-order valence-electron chi connectivity index (χ2n) is 33.0. The summed E-state index contributed by atoms with van der Waals surface area (Å²) in [4.78, 5) is 80.4. The second kappa shape index (κ2) is 33.1. The number of allylic oxidation sites excluding steroid dienone is 2. The van der Waals surface area contributed by atoms with Gasteiger partial charge in [-0.1, -0.05) is 19.4 Å². The number of hydrazone groups is 1. The van der Waals surface area contributed by atoms with Crippen molar-refractivity contribution in [2.24, 2.45) is 11.0 Å². The summed E-state index contributed by atoms with van der Waals surface area (Å²) in [7, 11) is 0. The third-order valence-electron chi connectivity index (χ3n) is 25.2. The molecule has 0 spiro atoms. The molecule has 0 saturated carbocycles. The molecular formula is C93H89N25O6S. The van der Waals surface area contributed by atoms with Gasteiger partial charge in [-0.2, -0.15) is 45.9 Å². The SMILES string of the molecule is CCCC1=C(C)C2=C(C=CC3NN=C(C(=O)Cc4cscn4)C23)NC1c1cn[nH]c1C.Cc1[nH]ncc1-c1nc2ccc3[nH]nc(C(=O)Cc4cn[nH]c4)c3c2c2c1CCCC2.Cc1[nH]ncc1-c1nc2ccc3[nH]nc(C(=O)Cc4cocn4)c3c2c2c1CCCC2.Cc1nc(CC(=O)c2n[nH]c3ccc4nc(-c5cn[nH]c5C)c5c(c4c23)CCCC5)co1. The summed E-state index contributed by atoms with van der Waals surface area (Å²) in [5.41, 5.74) is 38.8. The van der Waals surface area contributed by atoms with Crippen LogP contribution in [-0.4, -0.2) is 146 Å². The molecular weight excluding hydrogens is 1600 g/mol. The Labute approximate surface area is 718 Å². The maximum atomic E-state index is 13.2. The lowest BCUT2D eigenvalue weighted by Crippen LogP contribution is -2.40. The molecule has 0 fully saturated rings. The quantitative estimate of drug-likeness (QED) is 0.0357. The van der Waals surface area contributed by atoms with Gasteiger partial charge >= 0.3 is 0 Å². The molecule has 4 aliphatic carbocycles. The Morgan fingerprint density at radius 2 is 0.992 bits per heavy atom. The first-order valence-electron chi connectivity index (χ1n) is 42.5. The van der Waals surface area contributed by atoms with E-state index in [1.807, 2.05) is 87.3 Å². The van der Waals surface area contributed by atoms with Crippen molar-refractivity contribution in [1.29, 1.82) is 0 Å². The molecule has 0 radical (unpaired) electrons. The van der Waals surface area contributed by atoms with Crippen molar-refractivity contribution in [3.63, 3.8) is 0 Å². The minimum atomic E-state index is -0.0908. The standard InChI is InChI=1S/C24H22N6O2.C23H21N7O.C23H20N6O2.C23H26N6OS/c1-12-17(10-25-28-12)23-16-6-4-3-5-15(16)21-18(27-23)7-8-19-22(21)24(30-29-19)20(31)9-14-11-32-13(2)26-14;1-12-16(11-26-28-12)22-15-5-3-2-4-14(15)20-17(27-22)6-7-18-21(20)23(30-29-18)19(31)8-13-9-24-25-10-13;1-12-16(9-25-27-12)22-15-5-3-2-4-14(15)20-17(26-22)6-7-18-21(20)23(29-28-18)19(30)8-13-10-31-11-24-13;1-4-5-15-12(2)20-17(26-22(15)16-9-25-27-13(16)3)6-7-18-21(20)23(29-28-18)19(30)8-14-10-31-11-24-14/h7-8,10-11H,3-6,9H2,1-2H3,(H,25,28)(H,29,30);6-7,9-11H,2-5,8H2,1H3,(H,24,25)(H,26,28)(H,29,30);6-7,9-11H,2-5,8H2,1H3,(H,25,27)(H,28,29);6-7,9-11,18,21-22,26,28H,4-5,8H2,1-3H3,(H,25,27). The number of carbonyl (C=O) groups excluding carboxylic acids is 4. The predicted octanol–water partition coefficient (Wildman–Crippen LogP) is 15.9. The van der Waals surface area contributed by atoms with Crippen molar-refractivity contribution in [3.05, 3.63) is 245 Å². The highest BCUT2D eigenvalue weighted by molar-refractivity contribution is 7.07. The molecule has 23 rings (SSSR count). The molecule has 628 valence electrons. The van der Waals surface area contributed by atoms with Crippen molar-refractivity contribution in [2.75, 3.05) is 0 Å². The smallest absolute Gasteiger partial charge is 0.191 e. The lowest BCUT2D eigenvalue weighted by Gasteiger charge is -2.37. The van der Waals surface area contributed by atoms with Crippen LogP contribution in [0.2, 0.25) is 0 Å². The lowest BCUT2D eigenvalue weighted by molar-refractivity contribution is -0.112. The number of ketones is 4. The minimum absolute atomic E-state index is 0.0000261. The fraction of sp³-hybridized carbons (Fsp3) is 0.301. The average Bonchev–Trinajstić information content (AvgIpc) is 1.63. The van der Waals surface area contributed by atoms with Crippen LogP contribution in [0.15, 0.2) is 152 Å². The van der Waals surface area contributed by atoms with Crippen LogP contribution in [-0.2, 0) is 69.0 Å². The number of hydrogen-bond acceptors (Lipinski definition) is 24. The van der Waals surface area contributed by atoms with E-state index in [1.165, 1.54) is 85.9 Å². The van der Waals surface area contributed by atoms with Gasteiger partial charge in [-0.05, 0) is 216 Å². The largest absolute Gasteiger partial charge is 0.451 e. The molecule has 16 heterocycles. The molecule has 2 aliphatic heterocycles. The van der Waals surface area contributed by atoms with E-state index < -0.39 is 0 Å². The first-order chi connectivity index (χ1) is 61.1. The maximum absolute atomic E-state index is 13.2. The number of fused-ring (bicyclic) bond motifs is 17. The number of nitrogens with zero attached hydrogens (tertiary/aromatic N) is 15. The molecule has 14 aromatic heterocycles. The van der Waals surface area contributed by atoms with Crippen molar-refractivity contribution >= 4 is 106 Å². The number of carbonyl (C=O) groups is 4. The van der Waals surface area contributed by atoms with Gasteiger partial charge in [-0.25, -0.2) is 29.9 Å². The van der Waals surface area contributed by atoms with Crippen molar-refractivity contribution in [1.82, 2.24) is 122 Å². The number of oxazole rings is 2. The van der Waals surface area contributed by atoms with Crippen molar-refractivity contribution in [3.8, 4) is 33.8 Å². The van der Waals surface area contributed by atoms with Gasteiger partial charge in [0.1, 0.15) is 35.3 Å². The lowest BCUT2D eigenvalue weighted by atomic mass is 9.73. The van der Waals surface area contributed by atoms with Crippen molar-refractivity contribution in [2.45, 2.75) is 176 Å². The monoisotopic (exact) mass is 1680 g/mol. The summed E-state index contributed by atoms with van der Waals surface area (Å²) in [6, 6.07) is 12.0. The molecule has 3 aromatic carbocycles. The van der Waals surface area contributed by atoms with Crippen LogP contribution >= 0.6 is 11.3 Å². The number of hydrogen-bond donors (Lipinski definition) is 10. The molecule has 32 heteroatoms. The molecule has 0 bridgehead atoms. The number of pyridine rings is 3. The molecule has 6 aliphatic rings. The molecule has 3 unspecified atom stereocenters. The van der Waals surface area contributed by atoms with Crippen LogP contribution in [0.25, 0.3) is 99.2 Å². The molecule has 0 saturated heterocycles. The normalized spacial score (nSPS) is 16.4. The number of Topliss-reactive ketones (excluding diaryl/α,β-unsaturated/α-hetero) is 4. The molecule has 3 atom stereocenters. The van der Waals surface area contributed by atoms with E-state index in [4.69, 9.17) is 23.8 Å². The zero-order valence-electron chi connectivity index (χ0n) is 70.0. The average molecular weight is 1680 g/mol. The Morgan fingerprint density at radius 1 is 0.496 bits per heavy atom. The molecule has 17 aromatic rings. The van der Waals surface area contributed by atoms with Crippen LogP contribution in [0.4, 0.5) is 0 Å². The maximum Gasteiger partial charge on any atom is 0.191 e. The number of thiazole rings is 1. The van der Waals surface area contributed by atoms with E-state index in [2.05, 4.69) is 145 Å². The van der Waals surface area contributed by atoms with Gasteiger partial charge < -0.3 is 19.6 Å². The number of aryl methyl sites for hydroxylation is 8. The highest BCUT2D eigenvalue weighted by atomic mass is 32.1. The Balaban J connectivity index is 0.000000105. The first-order valence-corrected chi connectivity index (χ1v) is 43.5. The highest BCUT2D eigenvalue weighted by Crippen LogP contribution is 2.47. The first kappa shape index (κ1) is 79.1. The summed E-state index contributed by atoms with van der Waals surface area (Å²) >= 11 is 1.51. The Hall–Kier alpha value is -14.4. The van der Waals surface area contributed by atoms with Gasteiger partial charge in [-0.3, -0.25) is 60.0 Å². The van der Waals surface area contributed by atoms with E-state index in [0.717, 1.165) is 229 Å². The topological polar surface area (TPSA) is 438 Å². The third-order valence-corrected chi connectivity index (χ3v) is 25.8. The fourth-order valence-corrected chi connectivity index (χ4v) is 19.9. The number of dihydropyridines is 1. The van der Waals surface area contributed by atoms with Gasteiger partial charge in [0, 0.05) is 108 Å². The molecule has 125 heavy (non-hydrogen) atoms. The summed E-state index contributed by atoms with van der Waals surface area (Å²) in [6.07, 6.45) is 34.9. The van der Waals surface area contributed by atoms with Gasteiger partial charge in [-0.15, -0.1) is 11.3 Å². The van der Waals surface area contributed by atoms with Gasteiger partial charge in [0.15, 0.2) is 35.4 Å². The van der Waals surface area contributed by atoms with E-state index >= 15 is 0 Å². The summed E-state index contributed by atoms with van der Waals surface area (Å²) in [5, 5.41) is 74.0. The fourth-order valence-electron chi connectivity index (χ4n) is 19.3. The number of nitrogens with one attached hydrogen (secondary N) is 10. The van der Waals surface area contributed by atoms with Crippen LogP contribution in [0, 0.1) is 40.5 Å².